The molecule has 21 heavy (non-hydrogen) atoms. The summed E-state index contributed by atoms with van der Waals surface area (Å²) in [6.07, 6.45) is 0. The van der Waals surface area contributed by atoms with E-state index in [1.807, 2.05) is 0 Å². The number of rotatable bonds is 2. The van der Waals surface area contributed by atoms with Crippen LogP contribution >= 0.6 is 9.24 Å². The Morgan fingerprint density at radius 3 is 1.19 bits per heavy atom. The predicted molar refractivity (Wildman–Crippen MR) is 98.1 cm³/mol. The molecule has 1 atom stereocenters. The quantitative estimate of drug-likeness (QED) is 0.614. The molecule has 0 spiro atoms. The lowest BCUT2D eigenvalue weighted by Gasteiger charge is -2.19. The van der Waals surface area contributed by atoms with Crippen molar-refractivity contribution in [1.29, 1.82) is 0 Å². The first-order valence-corrected chi connectivity index (χ1v) is 8.10. The molecule has 0 nitrogen and oxygen atoms in total. The Morgan fingerprint density at radius 1 is 0.667 bits per heavy atom. The third-order valence-electron chi connectivity index (χ3n) is 4.06. The minimum absolute atomic E-state index is 1.32. The van der Waals surface area contributed by atoms with E-state index in [2.05, 4.69) is 80.9 Å². The van der Waals surface area contributed by atoms with Gasteiger partial charge in [-0.25, -0.2) is 0 Å². The van der Waals surface area contributed by atoms with Crippen LogP contribution in [0.4, 0.5) is 0 Å². The Kier molecular flexibility index (Phi) is 4.69. The van der Waals surface area contributed by atoms with E-state index in [1.54, 1.807) is 0 Å². The summed E-state index contributed by atoms with van der Waals surface area (Å²) in [5.74, 6) is 2.18. The predicted octanol–water partition coefficient (Wildman–Crippen LogP) is 5.80. The molecule has 0 aliphatic heterocycles. The van der Waals surface area contributed by atoms with Crippen LogP contribution in [-0.2, 0) is 0 Å². The third kappa shape index (κ3) is 3.11. The normalized spacial score (nSPS) is 10.6. The minimum atomic E-state index is 1.32. The first kappa shape index (κ1) is 16.0. The van der Waals surface area contributed by atoms with Gasteiger partial charge in [0, 0.05) is 0 Å². The van der Waals surface area contributed by atoms with Crippen molar-refractivity contribution in [2.45, 2.75) is 41.5 Å². The van der Waals surface area contributed by atoms with Gasteiger partial charge in [0.1, 0.15) is 0 Å². The Morgan fingerprint density at radius 2 is 0.952 bits per heavy atom. The fourth-order valence-corrected chi connectivity index (χ4v) is 3.83. The van der Waals surface area contributed by atoms with Gasteiger partial charge >= 0.3 is 0 Å². The maximum atomic E-state index is 2.79. The van der Waals surface area contributed by atoms with Crippen molar-refractivity contribution in [3.8, 4) is 0 Å². The van der Waals surface area contributed by atoms with Crippen molar-refractivity contribution >= 4 is 14.8 Å². The van der Waals surface area contributed by atoms with Crippen LogP contribution in [0.2, 0.25) is 0 Å². The molecule has 2 rings (SSSR count). The molecule has 110 valence electrons. The zero-order chi connectivity index (χ0) is 15.7. The van der Waals surface area contributed by atoms with Gasteiger partial charge in [0.2, 0.25) is 0 Å². The fourth-order valence-electron chi connectivity index (χ4n) is 3.50. The lowest BCUT2D eigenvalue weighted by atomic mass is 9.86. The van der Waals surface area contributed by atoms with Crippen molar-refractivity contribution in [2.24, 2.45) is 0 Å². The van der Waals surface area contributed by atoms with Gasteiger partial charge in [-0.3, -0.25) is 0 Å². The van der Waals surface area contributed by atoms with Crippen molar-refractivity contribution in [2.75, 3.05) is 0 Å². The van der Waals surface area contributed by atoms with E-state index in [4.69, 9.17) is 0 Å². The first-order valence-electron chi connectivity index (χ1n) is 7.43. The zero-order valence-corrected chi connectivity index (χ0v) is 15.1. The second-order valence-corrected chi connectivity index (χ2v) is 6.46. The van der Waals surface area contributed by atoms with Crippen LogP contribution in [0, 0.1) is 41.5 Å². The van der Waals surface area contributed by atoms with E-state index in [1.165, 1.54) is 50.1 Å². The molecular weight excluding hydrogens is 271 g/mol. The molecule has 2 aromatic rings. The van der Waals surface area contributed by atoms with E-state index in [-0.39, 0.29) is 0 Å². The Labute approximate surface area is 131 Å². The maximum absolute atomic E-state index is 2.79. The lowest BCUT2D eigenvalue weighted by Crippen LogP contribution is -2.00. The number of benzene rings is 2. The molecule has 1 heteroatoms. The molecule has 0 radical (unpaired) electrons. The van der Waals surface area contributed by atoms with Crippen molar-refractivity contribution in [1.82, 2.24) is 0 Å². The molecule has 0 bridgehead atoms. The van der Waals surface area contributed by atoms with E-state index in [0.29, 0.717) is 0 Å². The van der Waals surface area contributed by atoms with Crippen LogP contribution in [0.15, 0.2) is 30.1 Å². The van der Waals surface area contributed by atoms with E-state index in [9.17, 15) is 0 Å². The Hall–Kier alpha value is -1.39. The molecule has 0 N–H and O–H groups in total. The third-order valence-corrected chi connectivity index (χ3v) is 4.39. The minimum Gasteiger partial charge on any atom is -0.113 e. The van der Waals surface area contributed by atoms with Gasteiger partial charge in [0.25, 0.3) is 0 Å². The summed E-state index contributed by atoms with van der Waals surface area (Å²) in [4.78, 5) is 0. The van der Waals surface area contributed by atoms with Gasteiger partial charge in [0.05, 0.1) is 0 Å². The van der Waals surface area contributed by atoms with Gasteiger partial charge in [-0.15, -0.1) is 9.24 Å². The first-order chi connectivity index (χ1) is 9.85. The highest BCUT2D eigenvalue weighted by atomic mass is 31.0. The van der Waals surface area contributed by atoms with Gasteiger partial charge in [-0.05, 0) is 80.5 Å². The van der Waals surface area contributed by atoms with Crippen LogP contribution in [-0.4, -0.2) is 0 Å². The van der Waals surface area contributed by atoms with Gasteiger partial charge in [0.15, 0.2) is 0 Å². The summed E-state index contributed by atoms with van der Waals surface area (Å²) in [5, 5.41) is 0. The monoisotopic (exact) mass is 296 g/mol. The smallest absolute Gasteiger partial charge is 0.0101 e. The number of hydrogen-bond acceptors (Lipinski definition) is 0. The molecule has 0 fully saturated rings. The average molecular weight is 296 g/mol. The van der Waals surface area contributed by atoms with Crippen molar-refractivity contribution < 1.29 is 0 Å². The summed E-state index contributed by atoms with van der Waals surface area (Å²) in [5.41, 5.74) is 12.1. The van der Waals surface area contributed by atoms with Crippen LogP contribution in [0.25, 0.3) is 5.57 Å². The second kappa shape index (κ2) is 6.16. The Balaban J connectivity index is 2.73. The molecule has 0 saturated carbocycles. The summed E-state index contributed by atoms with van der Waals surface area (Å²) >= 11 is 0. The molecule has 0 aromatic heterocycles. The molecule has 0 heterocycles. The van der Waals surface area contributed by atoms with Gasteiger partial charge in [-0.1, -0.05) is 41.2 Å². The second-order valence-electron chi connectivity index (χ2n) is 6.13. The van der Waals surface area contributed by atoms with Crippen molar-refractivity contribution in [3.05, 3.63) is 74.6 Å². The fraction of sp³-hybridized carbons (Fsp3) is 0.300. The van der Waals surface area contributed by atoms with Gasteiger partial charge < -0.3 is 0 Å². The standard InChI is InChI=1S/C20H25P/c1-12-7-14(3)19(15(4)8-12)18(11-21)20-16(5)9-13(2)10-17(20)6/h7-11H,21H2,1-6H3. The average Bonchev–Trinajstić information content (AvgIpc) is 2.34. The molecule has 0 amide bonds. The molecule has 0 saturated heterocycles. The molecular formula is C20H25P. The largest absolute Gasteiger partial charge is 0.113 e. The van der Waals surface area contributed by atoms with Crippen LogP contribution < -0.4 is 0 Å². The highest BCUT2D eigenvalue weighted by Gasteiger charge is 2.15. The highest BCUT2D eigenvalue weighted by molar-refractivity contribution is 7.21. The van der Waals surface area contributed by atoms with Crippen LogP contribution in [0.3, 0.4) is 0 Å². The Bertz CT molecular complexity index is 615. The maximum Gasteiger partial charge on any atom is -0.0101 e. The van der Waals surface area contributed by atoms with E-state index in [0.717, 1.165) is 0 Å². The zero-order valence-electron chi connectivity index (χ0n) is 14.0. The molecule has 0 aliphatic carbocycles. The molecule has 0 aliphatic rings. The van der Waals surface area contributed by atoms with E-state index >= 15 is 0 Å². The topological polar surface area (TPSA) is 0 Å². The summed E-state index contributed by atoms with van der Waals surface area (Å²) in [6, 6.07) is 9.09. The van der Waals surface area contributed by atoms with E-state index < -0.39 is 0 Å². The lowest BCUT2D eigenvalue weighted by molar-refractivity contribution is 1.25. The summed E-state index contributed by atoms with van der Waals surface area (Å²) in [7, 11) is 2.79. The number of hydrogen-bond donors (Lipinski definition) is 0. The molecule has 2 aromatic carbocycles. The van der Waals surface area contributed by atoms with Crippen LogP contribution in [0.1, 0.15) is 44.5 Å². The summed E-state index contributed by atoms with van der Waals surface area (Å²) < 4.78 is 0. The number of aryl methyl sites for hydroxylation is 6. The van der Waals surface area contributed by atoms with Crippen LogP contribution in [0.5, 0.6) is 0 Å². The van der Waals surface area contributed by atoms with Gasteiger partial charge in [-0.2, -0.15) is 0 Å². The highest BCUT2D eigenvalue weighted by Crippen LogP contribution is 2.34. The molecule has 1 unspecified atom stereocenters. The SMILES string of the molecule is Cc1cc(C)c(C(=CP)c2c(C)cc(C)cc2C)c(C)c1. The summed E-state index contributed by atoms with van der Waals surface area (Å²) in [6.45, 7) is 13.2. The van der Waals surface area contributed by atoms with Crippen molar-refractivity contribution in [3.63, 3.8) is 0 Å².